The van der Waals surface area contributed by atoms with Crippen LogP contribution in [-0.2, 0) is 17.9 Å². The summed E-state index contributed by atoms with van der Waals surface area (Å²) < 4.78 is 31.8. The lowest BCUT2D eigenvalue weighted by Gasteiger charge is -2.12. The summed E-state index contributed by atoms with van der Waals surface area (Å²) in [6.45, 7) is 0.362. The Bertz CT molecular complexity index is 1140. The van der Waals surface area contributed by atoms with Crippen LogP contribution in [0.3, 0.4) is 0 Å². The molecule has 1 fully saturated rings. The molecule has 2 amide bonds. The van der Waals surface area contributed by atoms with Gasteiger partial charge in [0.25, 0.3) is 11.1 Å². The Balaban J connectivity index is 1.44. The molecule has 0 aromatic heterocycles. The third-order valence-corrected chi connectivity index (χ3v) is 5.51. The zero-order valence-electron chi connectivity index (χ0n) is 16.3. The van der Waals surface area contributed by atoms with Gasteiger partial charge in [-0.05, 0) is 70.9 Å². The first kappa shape index (κ1) is 20.8. The highest BCUT2D eigenvalue weighted by atomic mass is 32.2. The molecule has 0 spiro atoms. The minimum atomic E-state index is -0.392. The van der Waals surface area contributed by atoms with Crippen LogP contribution in [0.1, 0.15) is 16.7 Å². The van der Waals surface area contributed by atoms with Crippen LogP contribution in [0.2, 0.25) is 0 Å². The molecule has 1 aliphatic heterocycles. The molecule has 0 unspecified atom stereocenters. The van der Waals surface area contributed by atoms with Crippen molar-refractivity contribution >= 4 is 29.0 Å². The molecule has 3 aromatic rings. The molecule has 0 bridgehead atoms. The van der Waals surface area contributed by atoms with Crippen LogP contribution in [0.4, 0.5) is 13.6 Å². The average molecular weight is 437 g/mol. The second-order valence-corrected chi connectivity index (χ2v) is 7.88. The number of carbonyl (C=O) groups excluding carboxylic acids is 2. The number of thioether (sulfide) groups is 1. The van der Waals surface area contributed by atoms with E-state index in [4.69, 9.17) is 4.74 Å². The van der Waals surface area contributed by atoms with Crippen LogP contribution in [0.5, 0.6) is 5.75 Å². The maximum absolute atomic E-state index is 13.1. The molecule has 1 saturated heterocycles. The predicted octanol–water partition coefficient (Wildman–Crippen LogP) is 5.78. The first-order chi connectivity index (χ1) is 15.0. The Morgan fingerprint density at radius 2 is 1.52 bits per heavy atom. The number of rotatable bonds is 6. The van der Waals surface area contributed by atoms with E-state index in [-0.39, 0.29) is 30.0 Å². The fraction of sp³-hybridized carbons (Fsp3) is 0.0833. The summed E-state index contributed by atoms with van der Waals surface area (Å²) in [5, 5.41) is -0.371. The minimum absolute atomic E-state index is 0.0864. The van der Waals surface area contributed by atoms with Crippen LogP contribution >= 0.6 is 11.8 Å². The van der Waals surface area contributed by atoms with Gasteiger partial charge in [0.2, 0.25) is 0 Å². The van der Waals surface area contributed by atoms with Gasteiger partial charge in [0, 0.05) is 0 Å². The molecule has 0 saturated carbocycles. The summed E-state index contributed by atoms with van der Waals surface area (Å²) in [4.78, 5) is 26.4. The third kappa shape index (κ3) is 5.19. The number of hydrogen-bond donors (Lipinski definition) is 0. The van der Waals surface area contributed by atoms with Gasteiger partial charge in [-0.25, -0.2) is 8.78 Å². The number of benzene rings is 3. The molecular weight excluding hydrogens is 420 g/mol. The highest BCUT2D eigenvalue weighted by molar-refractivity contribution is 8.18. The summed E-state index contributed by atoms with van der Waals surface area (Å²) in [7, 11) is 0. The van der Waals surface area contributed by atoms with E-state index < -0.39 is 5.91 Å². The number of hydrogen-bond acceptors (Lipinski definition) is 4. The monoisotopic (exact) mass is 437 g/mol. The van der Waals surface area contributed by atoms with Crippen molar-refractivity contribution in [3.05, 3.63) is 106 Å². The van der Waals surface area contributed by atoms with Crippen molar-refractivity contribution in [1.29, 1.82) is 0 Å². The van der Waals surface area contributed by atoms with Gasteiger partial charge in [-0.15, -0.1) is 0 Å². The van der Waals surface area contributed by atoms with Gasteiger partial charge in [-0.1, -0.05) is 36.4 Å². The van der Waals surface area contributed by atoms with Crippen LogP contribution < -0.4 is 4.74 Å². The standard InChI is InChI=1S/C24H17F2NO3S/c25-19-8-4-16(5-9-19)14-27-23(28)22(31-24(27)29)13-18-2-1-3-21(12-18)30-15-17-6-10-20(26)11-7-17/h1-13H,14-15H2/b22-13+. The van der Waals surface area contributed by atoms with Crippen molar-refractivity contribution in [3.8, 4) is 5.75 Å². The van der Waals surface area contributed by atoms with E-state index in [2.05, 4.69) is 0 Å². The molecule has 156 valence electrons. The topological polar surface area (TPSA) is 46.6 Å². The van der Waals surface area contributed by atoms with Crippen molar-refractivity contribution in [2.75, 3.05) is 0 Å². The highest BCUT2D eigenvalue weighted by Gasteiger charge is 2.34. The Labute approximate surface area is 182 Å². The smallest absolute Gasteiger partial charge is 0.293 e. The number of halogens is 2. The van der Waals surface area contributed by atoms with E-state index in [0.717, 1.165) is 22.2 Å². The van der Waals surface area contributed by atoms with Gasteiger partial charge in [-0.2, -0.15) is 0 Å². The maximum atomic E-state index is 13.1. The second-order valence-electron chi connectivity index (χ2n) is 6.88. The van der Waals surface area contributed by atoms with Gasteiger partial charge in [0.1, 0.15) is 24.0 Å². The number of imide groups is 1. The number of amides is 2. The van der Waals surface area contributed by atoms with Gasteiger partial charge >= 0.3 is 0 Å². The summed E-state index contributed by atoms with van der Waals surface area (Å²) in [5.41, 5.74) is 2.21. The predicted molar refractivity (Wildman–Crippen MR) is 115 cm³/mol. The van der Waals surface area contributed by atoms with Crippen molar-refractivity contribution in [2.24, 2.45) is 0 Å². The van der Waals surface area contributed by atoms with E-state index >= 15 is 0 Å². The largest absolute Gasteiger partial charge is 0.489 e. The summed E-state index contributed by atoms with van der Waals surface area (Å²) >= 11 is 0.865. The molecule has 31 heavy (non-hydrogen) atoms. The highest BCUT2D eigenvalue weighted by Crippen LogP contribution is 2.33. The first-order valence-corrected chi connectivity index (χ1v) is 10.3. The zero-order chi connectivity index (χ0) is 21.8. The lowest BCUT2D eigenvalue weighted by molar-refractivity contribution is -0.123. The van der Waals surface area contributed by atoms with Crippen LogP contribution in [-0.4, -0.2) is 16.0 Å². The summed E-state index contributed by atoms with van der Waals surface area (Å²) in [5.74, 6) is -0.487. The quantitative estimate of drug-likeness (QED) is 0.459. The van der Waals surface area contributed by atoms with Gasteiger partial charge in [0.15, 0.2) is 0 Å². The average Bonchev–Trinajstić information content (AvgIpc) is 3.02. The molecule has 1 heterocycles. The maximum Gasteiger partial charge on any atom is 0.293 e. The second kappa shape index (κ2) is 9.14. The van der Waals surface area contributed by atoms with Gasteiger partial charge < -0.3 is 4.74 Å². The third-order valence-electron chi connectivity index (χ3n) is 4.60. The van der Waals surface area contributed by atoms with E-state index in [0.29, 0.717) is 21.8 Å². The van der Waals surface area contributed by atoms with Crippen molar-refractivity contribution in [1.82, 2.24) is 4.90 Å². The molecule has 1 aliphatic rings. The van der Waals surface area contributed by atoms with E-state index in [1.165, 1.54) is 24.3 Å². The van der Waals surface area contributed by atoms with E-state index in [1.807, 2.05) is 0 Å². The minimum Gasteiger partial charge on any atom is -0.489 e. The molecule has 4 nitrogen and oxygen atoms in total. The Morgan fingerprint density at radius 1 is 0.871 bits per heavy atom. The van der Waals surface area contributed by atoms with Gasteiger partial charge in [-0.3, -0.25) is 14.5 Å². The summed E-state index contributed by atoms with van der Waals surface area (Å²) in [6.07, 6.45) is 1.64. The van der Waals surface area contributed by atoms with Crippen molar-refractivity contribution < 1.29 is 23.1 Å². The Kier molecular flexibility index (Phi) is 6.13. The lowest BCUT2D eigenvalue weighted by atomic mass is 10.2. The van der Waals surface area contributed by atoms with Crippen LogP contribution in [0, 0.1) is 11.6 Å². The normalized spacial score (nSPS) is 15.0. The SMILES string of the molecule is O=C1S/C(=C/c2cccc(OCc3ccc(F)cc3)c2)C(=O)N1Cc1ccc(F)cc1. The van der Waals surface area contributed by atoms with E-state index in [9.17, 15) is 18.4 Å². The number of ether oxygens (including phenoxy) is 1. The number of nitrogens with zero attached hydrogens (tertiary/aromatic N) is 1. The Hall–Kier alpha value is -3.45. The molecule has 0 atom stereocenters. The van der Waals surface area contributed by atoms with Crippen LogP contribution in [0.25, 0.3) is 6.08 Å². The molecule has 0 aliphatic carbocycles. The summed E-state index contributed by atoms with van der Waals surface area (Å²) in [6, 6.07) is 18.9. The molecule has 0 N–H and O–H groups in total. The van der Waals surface area contributed by atoms with Gasteiger partial charge in [0.05, 0.1) is 11.4 Å². The van der Waals surface area contributed by atoms with Crippen molar-refractivity contribution in [3.63, 3.8) is 0 Å². The Morgan fingerprint density at radius 3 is 2.19 bits per heavy atom. The first-order valence-electron chi connectivity index (χ1n) is 9.45. The number of carbonyl (C=O) groups is 2. The molecule has 4 rings (SSSR count). The molecule has 3 aromatic carbocycles. The molecule has 0 radical (unpaired) electrons. The zero-order valence-corrected chi connectivity index (χ0v) is 17.1. The fourth-order valence-electron chi connectivity index (χ4n) is 3.00. The fourth-order valence-corrected chi connectivity index (χ4v) is 3.84. The van der Waals surface area contributed by atoms with Crippen LogP contribution in [0.15, 0.2) is 77.7 Å². The molecular formula is C24H17F2NO3S. The van der Waals surface area contributed by atoms with E-state index in [1.54, 1.807) is 54.6 Å². The van der Waals surface area contributed by atoms with Crippen molar-refractivity contribution in [2.45, 2.75) is 13.2 Å². The molecule has 7 heteroatoms. The lowest BCUT2D eigenvalue weighted by Crippen LogP contribution is -2.27.